The van der Waals surface area contributed by atoms with Gasteiger partial charge in [-0.05, 0) is 32.0 Å². The standard InChI is InChI=1S/C15H16N2O5/c1-8(2)22-11-5-4-9(6-12(11)21-3)14-16-10(15(19)20)7-13(18)17-14/h4-8H,1-3H3,(H,19,20)(H,16,17,18). The largest absolute Gasteiger partial charge is 0.493 e. The predicted molar refractivity (Wildman–Crippen MR) is 79.6 cm³/mol. The molecule has 0 saturated carbocycles. The van der Waals surface area contributed by atoms with Crippen LogP contribution in [0.25, 0.3) is 11.4 Å². The van der Waals surface area contributed by atoms with Gasteiger partial charge in [-0.2, -0.15) is 0 Å². The summed E-state index contributed by atoms with van der Waals surface area (Å²) in [5.41, 5.74) is -0.336. The second-order valence-corrected chi connectivity index (χ2v) is 4.82. The number of aromatic nitrogens is 2. The van der Waals surface area contributed by atoms with E-state index < -0.39 is 11.5 Å². The topological polar surface area (TPSA) is 102 Å². The van der Waals surface area contributed by atoms with Crippen LogP contribution in [0.4, 0.5) is 0 Å². The lowest BCUT2D eigenvalue weighted by molar-refractivity contribution is 0.0690. The fourth-order valence-corrected chi connectivity index (χ4v) is 1.87. The van der Waals surface area contributed by atoms with E-state index in [1.165, 1.54) is 7.11 Å². The zero-order valence-electron chi connectivity index (χ0n) is 12.4. The van der Waals surface area contributed by atoms with Gasteiger partial charge in [-0.3, -0.25) is 4.79 Å². The molecule has 0 unspecified atom stereocenters. The molecule has 2 aromatic rings. The number of aromatic amines is 1. The molecule has 0 bridgehead atoms. The van der Waals surface area contributed by atoms with Crippen LogP contribution in [0.2, 0.25) is 0 Å². The highest BCUT2D eigenvalue weighted by Gasteiger charge is 2.13. The molecule has 22 heavy (non-hydrogen) atoms. The third-order valence-electron chi connectivity index (χ3n) is 2.76. The normalized spacial score (nSPS) is 10.5. The molecule has 2 rings (SSSR count). The van der Waals surface area contributed by atoms with Crippen molar-refractivity contribution in [2.24, 2.45) is 0 Å². The lowest BCUT2D eigenvalue weighted by Crippen LogP contribution is -2.13. The monoisotopic (exact) mass is 304 g/mol. The van der Waals surface area contributed by atoms with Crippen LogP contribution in [0.5, 0.6) is 11.5 Å². The third kappa shape index (κ3) is 3.43. The highest BCUT2D eigenvalue weighted by Crippen LogP contribution is 2.31. The summed E-state index contributed by atoms with van der Waals surface area (Å²) < 4.78 is 10.9. The quantitative estimate of drug-likeness (QED) is 0.875. The van der Waals surface area contributed by atoms with Crippen molar-refractivity contribution in [2.75, 3.05) is 7.11 Å². The number of nitrogens with one attached hydrogen (secondary N) is 1. The molecule has 1 aromatic heterocycles. The van der Waals surface area contributed by atoms with Gasteiger partial charge in [-0.25, -0.2) is 9.78 Å². The summed E-state index contributed by atoms with van der Waals surface area (Å²) >= 11 is 0. The van der Waals surface area contributed by atoms with Crippen LogP contribution in [0, 0.1) is 0 Å². The van der Waals surface area contributed by atoms with Gasteiger partial charge in [0.1, 0.15) is 5.82 Å². The van der Waals surface area contributed by atoms with Crippen molar-refractivity contribution >= 4 is 5.97 Å². The van der Waals surface area contributed by atoms with Gasteiger partial charge >= 0.3 is 5.97 Å². The Kier molecular flexibility index (Phi) is 4.45. The molecule has 0 aliphatic carbocycles. The van der Waals surface area contributed by atoms with E-state index in [1.54, 1.807) is 18.2 Å². The second kappa shape index (κ2) is 6.30. The fraction of sp³-hybridized carbons (Fsp3) is 0.267. The summed E-state index contributed by atoms with van der Waals surface area (Å²) in [5.74, 6) is -0.0917. The van der Waals surface area contributed by atoms with Crippen LogP contribution in [0.1, 0.15) is 24.3 Å². The Morgan fingerprint density at radius 3 is 2.59 bits per heavy atom. The lowest BCUT2D eigenvalue weighted by Gasteiger charge is -2.14. The Labute approximate surface area is 126 Å². The van der Waals surface area contributed by atoms with Crippen molar-refractivity contribution < 1.29 is 19.4 Å². The average molecular weight is 304 g/mol. The van der Waals surface area contributed by atoms with Crippen molar-refractivity contribution in [3.8, 4) is 22.9 Å². The average Bonchev–Trinajstić information content (AvgIpc) is 2.46. The summed E-state index contributed by atoms with van der Waals surface area (Å²) in [4.78, 5) is 28.9. The number of carbonyl (C=O) groups is 1. The second-order valence-electron chi connectivity index (χ2n) is 4.82. The van der Waals surface area contributed by atoms with E-state index in [0.29, 0.717) is 17.1 Å². The van der Waals surface area contributed by atoms with Gasteiger partial charge in [0.15, 0.2) is 17.2 Å². The van der Waals surface area contributed by atoms with Gasteiger partial charge in [-0.15, -0.1) is 0 Å². The van der Waals surface area contributed by atoms with E-state index in [1.807, 2.05) is 13.8 Å². The maximum atomic E-state index is 11.5. The molecule has 7 heteroatoms. The van der Waals surface area contributed by atoms with Crippen molar-refractivity contribution in [2.45, 2.75) is 20.0 Å². The Morgan fingerprint density at radius 2 is 2.00 bits per heavy atom. The lowest BCUT2D eigenvalue weighted by atomic mass is 10.2. The number of hydrogen-bond acceptors (Lipinski definition) is 5. The molecule has 0 saturated heterocycles. The first-order valence-corrected chi connectivity index (χ1v) is 6.60. The van der Waals surface area contributed by atoms with E-state index in [0.717, 1.165) is 6.07 Å². The van der Waals surface area contributed by atoms with E-state index in [4.69, 9.17) is 14.6 Å². The van der Waals surface area contributed by atoms with Gasteiger partial charge in [0.05, 0.1) is 13.2 Å². The summed E-state index contributed by atoms with van der Waals surface area (Å²) in [5, 5.41) is 8.96. The molecule has 116 valence electrons. The van der Waals surface area contributed by atoms with E-state index in [9.17, 15) is 9.59 Å². The highest BCUT2D eigenvalue weighted by atomic mass is 16.5. The first-order valence-electron chi connectivity index (χ1n) is 6.60. The molecule has 0 amide bonds. The van der Waals surface area contributed by atoms with Crippen LogP contribution < -0.4 is 15.0 Å². The van der Waals surface area contributed by atoms with E-state index in [-0.39, 0.29) is 17.6 Å². The smallest absolute Gasteiger partial charge is 0.354 e. The Morgan fingerprint density at radius 1 is 1.27 bits per heavy atom. The number of benzene rings is 1. The first-order chi connectivity index (χ1) is 10.4. The molecule has 0 radical (unpaired) electrons. The summed E-state index contributed by atoms with van der Waals surface area (Å²) in [6, 6.07) is 5.91. The molecule has 7 nitrogen and oxygen atoms in total. The maximum Gasteiger partial charge on any atom is 0.354 e. The summed E-state index contributed by atoms with van der Waals surface area (Å²) in [6.07, 6.45) is -0.0204. The number of hydrogen-bond donors (Lipinski definition) is 2. The SMILES string of the molecule is COc1cc(-c2nc(C(=O)O)cc(=O)[nH]2)ccc1OC(C)C. The van der Waals surface area contributed by atoms with Crippen molar-refractivity contribution in [3.63, 3.8) is 0 Å². The summed E-state index contributed by atoms with van der Waals surface area (Å²) in [6.45, 7) is 3.78. The molecule has 0 atom stereocenters. The third-order valence-corrected chi connectivity index (χ3v) is 2.76. The Hall–Kier alpha value is -2.83. The molecule has 0 spiro atoms. The molecular formula is C15H16N2O5. The van der Waals surface area contributed by atoms with Crippen molar-refractivity contribution in [1.82, 2.24) is 9.97 Å². The number of H-pyrrole nitrogens is 1. The van der Waals surface area contributed by atoms with Crippen molar-refractivity contribution in [3.05, 3.63) is 40.3 Å². The molecule has 0 aliphatic heterocycles. The molecule has 1 heterocycles. The zero-order chi connectivity index (χ0) is 16.3. The van der Waals surface area contributed by atoms with Crippen LogP contribution >= 0.6 is 0 Å². The number of carboxylic acids is 1. The number of ether oxygens (including phenoxy) is 2. The van der Waals surface area contributed by atoms with E-state index >= 15 is 0 Å². The van der Waals surface area contributed by atoms with Gasteiger partial charge in [0.2, 0.25) is 0 Å². The minimum Gasteiger partial charge on any atom is -0.493 e. The fourth-order valence-electron chi connectivity index (χ4n) is 1.87. The van der Waals surface area contributed by atoms with Crippen LogP contribution in [0.15, 0.2) is 29.1 Å². The van der Waals surface area contributed by atoms with Crippen LogP contribution in [-0.2, 0) is 0 Å². The number of nitrogens with zero attached hydrogens (tertiary/aromatic N) is 1. The van der Waals surface area contributed by atoms with Gasteiger partial charge in [0, 0.05) is 11.6 Å². The van der Waals surface area contributed by atoms with Gasteiger partial charge < -0.3 is 19.6 Å². The molecule has 0 aliphatic rings. The molecule has 1 aromatic carbocycles. The maximum absolute atomic E-state index is 11.5. The number of methoxy groups -OCH3 is 1. The molecule has 2 N–H and O–H groups in total. The van der Waals surface area contributed by atoms with Gasteiger partial charge in [0.25, 0.3) is 5.56 Å². The zero-order valence-corrected chi connectivity index (χ0v) is 12.4. The first kappa shape index (κ1) is 15.6. The molecular weight excluding hydrogens is 288 g/mol. The number of rotatable bonds is 5. The Balaban J connectivity index is 2.49. The number of aromatic carboxylic acids is 1. The van der Waals surface area contributed by atoms with Crippen LogP contribution in [-0.4, -0.2) is 34.3 Å². The highest BCUT2D eigenvalue weighted by molar-refractivity contribution is 5.85. The van der Waals surface area contributed by atoms with E-state index in [2.05, 4.69) is 9.97 Å². The summed E-state index contributed by atoms with van der Waals surface area (Å²) in [7, 11) is 1.50. The molecule has 0 fully saturated rings. The Bertz CT molecular complexity index is 752. The van der Waals surface area contributed by atoms with Crippen LogP contribution in [0.3, 0.4) is 0 Å². The predicted octanol–water partition coefficient (Wildman–Crippen LogP) is 1.93. The number of carboxylic acid groups (broad SMARTS) is 1. The minimum atomic E-state index is -1.26. The minimum absolute atomic E-state index is 0.0204. The van der Waals surface area contributed by atoms with Gasteiger partial charge in [-0.1, -0.05) is 0 Å². The van der Waals surface area contributed by atoms with Crippen molar-refractivity contribution in [1.29, 1.82) is 0 Å².